The average molecular weight is 415 g/mol. The van der Waals surface area contributed by atoms with Gasteiger partial charge < -0.3 is 19.8 Å². The zero-order chi connectivity index (χ0) is 14.8. The van der Waals surface area contributed by atoms with Crippen molar-refractivity contribution in [2.45, 2.75) is 13.0 Å². The van der Waals surface area contributed by atoms with Gasteiger partial charge in [-0.1, -0.05) is 18.2 Å². The number of ether oxygens (including phenoxy) is 1. The van der Waals surface area contributed by atoms with E-state index in [0.29, 0.717) is 13.2 Å². The Balaban J connectivity index is 0.00000242. The van der Waals surface area contributed by atoms with Crippen LogP contribution in [0.2, 0.25) is 0 Å². The zero-order valence-corrected chi connectivity index (χ0v) is 14.9. The van der Waals surface area contributed by atoms with E-state index in [0.717, 1.165) is 30.4 Å². The highest BCUT2D eigenvalue weighted by atomic mass is 127. The summed E-state index contributed by atoms with van der Waals surface area (Å²) in [6.45, 7) is 2.09. The molecule has 0 amide bonds. The molecule has 0 aliphatic heterocycles. The number of nitrogens with zero attached hydrogens (tertiary/aromatic N) is 1. The average Bonchev–Trinajstić information content (AvgIpc) is 3.04. The minimum absolute atomic E-state index is 0. The Morgan fingerprint density at radius 3 is 2.64 bits per heavy atom. The van der Waals surface area contributed by atoms with Gasteiger partial charge in [0.2, 0.25) is 0 Å². The molecule has 1 heterocycles. The first-order valence-electron chi connectivity index (χ1n) is 7.03. The van der Waals surface area contributed by atoms with Gasteiger partial charge in [-0.15, -0.1) is 24.0 Å². The van der Waals surface area contributed by atoms with Crippen LogP contribution in [0.15, 0.2) is 58.1 Å². The molecule has 0 saturated carbocycles. The van der Waals surface area contributed by atoms with Gasteiger partial charge in [0, 0.05) is 13.6 Å². The molecule has 22 heavy (non-hydrogen) atoms. The number of nitrogens with one attached hydrogen (secondary N) is 2. The van der Waals surface area contributed by atoms with Crippen molar-refractivity contribution in [3.05, 3.63) is 54.5 Å². The predicted molar refractivity (Wildman–Crippen MR) is 98.9 cm³/mol. The van der Waals surface area contributed by atoms with Gasteiger partial charge in [0.25, 0.3) is 0 Å². The molecule has 0 bridgehead atoms. The molecule has 1 aromatic carbocycles. The lowest BCUT2D eigenvalue weighted by atomic mass is 10.3. The molecule has 0 atom stereocenters. The molecule has 6 heteroatoms. The van der Waals surface area contributed by atoms with Crippen molar-refractivity contribution >= 4 is 29.9 Å². The molecular weight excluding hydrogens is 393 g/mol. The maximum absolute atomic E-state index is 5.63. The van der Waals surface area contributed by atoms with E-state index in [9.17, 15) is 0 Å². The number of guanidine groups is 1. The first-order chi connectivity index (χ1) is 10.4. The Morgan fingerprint density at radius 2 is 1.95 bits per heavy atom. The van der Waals surface area contributed by atoms with Gasteiger partial charge in [-0.25, -0.2) is 0 Å². The van der Waals surface area contributed by atoms with Gasteiger partial charge in [-0.3, -0.25) is 4.99 Å². The van der Waals surface area contributed by atoms with Crippen molar-refractivity contribution in [2.75, 3.05) is 20.2 Å². The molecule has 0 spiro atoms. The Morgan fingerprint density at radius 1 is 1.14 bits per heavy atom. The summed E-state index contributed by atoms with van der Waals surface area (Å²) in [5.74, 6) is 2.54. The molecule has 0 fully saturated rings. The molecule has 0 saturated heterocycles. The normalized spacial score (nSPS) is 10.7. The molecule has 0 aliphatic carbocycles. The van der Waals surface area contributed by atoms with E-state index in [1.54, 1.807) is 13.3 Å². The lowest BCUT2D eigenvalue weighted by Crippen LogP contribution is -2.37. The van der Waals surface area contributed by atoms with Crippen molar-refractivity contribution in [1.29, 1.82) is 0 Å². The maximum Gasteiger partial charge on any atom is 0.191 e. The van der Waals surface area contributed by atoms with Crippen LogP contribution < -0.4 is 15.4 Å². The van der Waals surface area contributed by atoms with Gasteiger partial charge in [-0.05, 0) is 30.7 Å². The second-order valence-corrected chi connectivity index (χ2v) is 4.45. The van der Waals surface area contributed by atoms with Gasteiger partial charge in [0.1, 0.15) is 11.5 Å². The monoisotopic (exact) mass is 415 g/mol. The second kappa shape index (κ2) is 10.9. The molecule has 2 N–H and O–H groups in total. The molecule has 5 nitrogen and oxygen atoms in total. The van der Waals surface area contributed by atoms with E-state index in [-0.39, 0.29) is 24.0 Å². The zero-order valence-electron chi connectivity index (χ0n) is 12.6. The van der Waals surface area contributed by atoms with Crippen molar-refractivity contribution in [2.24, 2.45) is 4.99 Å². The van der Waals surface area contributed by atoms with Gasteiger partial charge >= 0.3 is 0 Å². The molecule has 0 aliphatic rings. The molecule has 1 aromatic heterocycles. The summed E-state index contributed by atoms with van der Waals surface area (Å²) in [5.41, 5.74) is 0. The quantitative estimate of drug-likeness (QED) is 0.316. The third-order valence-corrected chi connectivity index (χ3v) is 2.86. The fourth-order valence-electron chi connectivity index (χ4n) is 1.79. The lowest BCUT2D eigenvalue weighted by molar-refractivity contribution is 0.311. The highest BCUT2D eigenvalue weighted by molar-refractivity contribution is 14.0. The van der Waals surface area contributed by atoms with Crippen LogP contribution in [0.1, 0.15) is 12.2 Å². The van der Waals surface area contributed by atoms with Crippen LogP contribution in [-0.2, 0) is 6.54 Å². The highest BCUT2D eigenvalue weighted by Gasteiger charge is 1.99. The largest absolute Gasteiger partial charge is 0.494 e. The van der Waals surface area contributed by atoms with E-state index in [2.05, 4.69) is 15.6 Å². The van der Waals surface area contributed by atoms with E-state index in [4.69, 9.17) is 9.15 Å². The smallest absolute Gasteiger partial charge is 0.191 e. The number of halogens is 1. The number of hydrogen-bond donors (Lipinski definition) is 2. The highest BCUT2D eigenvalue weighted by Crippen LogP contribution is 2.07. The summed E-state index contributed by atoms with van der Waals surface area (Å²) in [6, 6.07) is 13.6. The summed E-state index contributed by atoms with van der Waals surface area (Å²) < 4.78 is 10.9. The Kier molecular flexibility index (Phi) is 9.13. The minimum Gasteiger partial charge on any atom is -0.494 e. The molecule has 0 unspecified atom stereocenters. The first-order valence-corrected chi connectivity index (χ1v) is 7.03. The van der Waals surface area contributed by atoms with E-state index in [1.807, 2.05) is 42.5 Å². The minimum atomic E-state index is 0. The van der Waals surface area contributed by atoms with E-state index < -0.39 is 0 Å². The third-order valence-electron chi connectivity index (χ3n) is 2.86. The maximum atomic E-state index is 5.63. The van der Waals surface area contributed by atoms with Crippen molar-refractivity contribution in [3.63, 3.8) is 0 Å². The van der Waals surface area contributed by atoms with E-state index >= 15 is 0 Å². The first kappa shape index (κ1) is 18.3. The van der Waals surface area contributed by atoms with Gasteiger partial charge in [0.15, 0.2) is 5.96 Å². The number of rotatable bonds is 7. The fraction of sp³-hybridized carbons (Fsp3) is 0.312. The van der Waals surface area contributed by atoms with Crippen molar-refractivity contribution < 1.29 is 9.15 Å². The summed E-state index contributed by atoms with van der Waals surface area (Å²) in [4.78, 5) is 4.16. The number of furan rings is 1. The Hall–Kier alpha value is -1.70. The summed E-state index contributed by atoms with van der Waals surface area (Å²) in [5, 5.41) is 6.42. The van der Waals surface area contributed by atoms with Crippen LogP contribution in [-0.4, -0.2) is 26.2 Å². The number of aliphatic imine (C=N–C) groups is 1. The SMILES string of the molecule is CN=C(NCCCOc1ccccc1)NCc1ccco1.I. The lowest BCUT2D eigenvalue weighted by Gasteiger charge is -2.11. The van der Waals surface area contributed by atoms with Gasteiger partial charge in [-0.2, -0.15) is 0 Å². The van der Waals surface area contributed by atoms with Crippen molar-refractivity contribution in [3.8, 4) is 5.75 Å². The second-order valence-electron chi connectivity index (χ2n) is 4.45. The molecule has 2 aromatic rings. The van der Waals surface area contributed by atoms with Gasteiger partial charge in [0.05, 0.1) is 19.4 Å². The topological polar surface area (TPSA) is 58.8 Å². The number of benzene rings is 1. The standard InChI is InChI=1S/C16H21N3O2.HI/c1-17-16(19-13-15-9-5-11-21-15)18-10-6-12-20-14-7-3-2-4-8-14;/h2-5,7-9,11H,6,10,12-13H2,1H3,(H2,17,18,19);1H. The molecular formula is C16H22IN3O2. The Labute approximate surface area is 148 Å². The van der Waals surface area contributed by atoms with Crippen LogP contribution in [0, 0.1) is 0 Å². The van der Waals surface area contributed by atoms with Crippen LogP contribution >= 0.6 is 24.0 Å². The van der Waals surface area contributed by atoms with Crippen molar-refractivity contribution in [1.82, 2.24) is 10.6 Å². The summed E-state index contributed by atoms with van der Waals surface area (Å²) in [6.07, 6.45) is 2.56. The van der Waals surface area contributed by atoms with Crippen LogP contribution in [0.5, 0.6) is 5.75 Å². The fourth-order valence-corrected chi connectivity index (χ4v) is 1.79. The molecule has 2 rings (SSSR count). The molecule has 0 radical (unpaired) electrons. The third kappa shape index (κ3) is 6.84. The van der Waals surface area contributed by atoms with Crippen LogP contribution in [0.3, 0.4) is 0 Å². The molecule has 120 valence electrons. The van der Waals surface area contributed by atoms with Crippen LogP contribution in [0.4, 0.5) is 0 Å². The summed E-state index contributed by atoms with van der Waals surface area (Å²) >= 11 is 0. The van der Waals surface area contributed by atoms with Crippen LogP contribution in [0.25, 0.3) is 0 Å². The predicted octanol–water partition coefficient (Wildman–Crippen LogP) is 3.03. The summed E-state index contributed by atoms with van der Waals surface area (Å²) in [7, 11) is 1.75. The number of hydrogen-bond acceptors (Lipinski definition) is 3. The number of para-hydroxylation sites is 1. The Bertz CT molecular complexity index is 530. The van der Waals surface area contributed by atoms with E-state index in [1.165, 1.54) is 0 Å².